The van der Waals surface area contributed by atoms with Gasteiger partial charge in [-0.2, -0.15) is 5.10 Å². The van der Waals surface area contributed by atoms with Crippen molar-refractivity contribution in [1.29, 1.82) is 0 Å². The van der Waals surface area contributed by atoms with Crippen molar-refractivity contribution in [3.05, 3.63) is 40.9 Å². The molecular weight excluding hydrogens is 270 g/mol. The molecule has 2 aromatic rings. The monoisotopic (exact) mass is 287 g/mol. The molecule has 0 unspecified atom stereocenters. The zero-order chi connectivity index (χ0) is 15.4. The summed E-state index contributed by atoms with van der Waals surface area (Å²) < 4.78 is 6.69. The van der Waals surface area contributed by atoms with Crippen molar-refractivity contribution in [3.63, 3.8) is 0 Å². The number of carbonyl (C=O) groups excluding carboxylic acids is 1. The topological polar surface area (TPSA) is 73.6 Å². The lowest BCUT2D eigenvalue weighted by molar-refractivity contribution is 0.0510. The van der Waals surface area contributed by atoms with Crippen molar-refractivity contribution in [3.8, 4) is 11.3 Å². The highest BCUT2D eigenvalue weighted by Crippen LogP contribution is 2.24. The minimum atomic E-state index is -0.392. The van der Waals surface area contributed by atoms with Crippen molar-refractivity contribution in [2.75, 3.05) is 6.61 Å². The maximum absolute atomic E-state index is 12.0. The Morgan fingerprint density at radius 3 is 2.52 bits per heavy atom. The summed E-state index contributed by atoms with van der Waals surface area (Å²) in [7, 11) is 0. The molecule has 1 aromatic heterocycles. The van der Waals surface area contributed by atoms with E-state index in [2.05, 4.69) is 10.3 Å². The van der Waals surface area contributed by atoms with Crippen LogP contribution in [0.15, 0.2) is 35.5 Å². The second-order valence-corrected chi connectivity index (χ2v) is 4.81. The Morgan fingerprint density at radius 2 is 2.00 bits per heavy atom. The number of nitroso groups, excluding NO2 is 1. The van der Waals surface area contributed by atoms with Crippen LogP contribution in [0.1, 0.15) is 37.3 Å². The molecule has 0 N–H and O–H groups in total. The molecule has 110 valence electrons. The molecule has 0 bridgehead atoms. The Hall–Kier alpha value is -2.50. The van der Waals surface area contributed by atoms with E-state index >= 15 is 0 Å². The highest BCUT2D eigenvalue weighted by atomic mass is 16.5. The first kappa shape index (κ1) is 14.9. The molecule has 0 spiro atoms. The number of hydrogen-bond donors (Lipinski definition) is 0. The molecule has 1 heterocycles. The van der Waals surface area contributed by atoms with Gasteiger partial charge < -0.3 is 4.74 Å². The molecule has 6 nitrogen and oxygen atoms in total. The molecule has 6 heteroatoms. The molecule has 0 atom stereocenters. The Kier molecular flexibility index (Phi) is 4.47. The summed E-state index contributed by atoms with van der Waals surface area (Å²) in [5.74, 6) is -0.392. The van der Waals surface area contributed by atoms with Crippen LogP contribution < -0.4 is 0 Å². The fraction of sp³-hybridized carbons (Fsp3) is 0.333. The lowest BCUT2D eigenvalue weighted by Gasteiger charge is -2.09. The standard InChI is InChI=1S/C15H17N3O3/c1-4-21-15(19)14-9-13(16-18(14)10(2)3)11-5-7-12(17-20)8-6-11/h5-10H,4H2,1-3H3. The third kappa shape index (κ3) is 3.16. The maximum Gasteiger partial charge on any atom is 0.356 e. The van der Waals surface area contributed by atoms with Gasteiger partial charge in [-0.15, -0.1) is 4.91 Å². The summed E-state index contributed by atoms with van der Waals surface area (Å²) in [4.78, 5) is 22.4. The largest absolute Gasteiger partial charge is 0.461 e. The van der Waals surface area contributed by atoms with Crippen LogP contribution in [-0.4, -0.2) is 22.4 Å². The third-order valence-corrected chi connectivity index (χ3v) is 2.98. The Labute approximate surface area is 122 Å². The molecule has 0 amide bonds. The molecule has 1 aromatic carbocycles. The van der Waals surface area contributed by atoms with Gasteiger partial charge in [-0.3, -0.25) is 4.68 Å². The maximum atomic E-state index is 12.0. The van der Waals surface area contributed by atoms with Crippen molar-refractivity contribution in [2.45, 2.75) is 26.8 Å². The summed E-state index contributed by atoms with van der Waals surface area (Å²) in [6, 6.07) is 8.45. The average Bonchev–Trinajstić information content (AvgIpc) is 2.93. The molecule has 0 radical (unpaired) electrons. The SMILES string of the molecule is CCOC(=O)c1cc(-c2ccc(N=O)cc2)nn1C(C)C. The van der Waals surface area contributed by atoms with Crippen molar-refractivity contribution >= 4 is 11.7 Å². The van der Waals surface area contributed by atoms with Crippen LogP contribution in [0.2, 0.25) is 0 Å². The number of rotatable bonds is 5. The van der Waals surface area contributed by atoms with Gasteiger partial charge in [0.25, 0.3) is 0 Å². The summed E-state index contributed by atoms with van der Waals surface area (Å²) in [5.41, 5.74) is 2.24. The van der Waals surface area contributed by atoms with Gasteiger partial charge in [-0.05, 0) is 44.1 Å². The minimum absolute atomic E-state index is 0.0362. The van der Waals surface area contributed by atoms with E-state index in [9.17, 15) is 9.70 Å². The lowest BCUT2D eigenvalue weighted by atomic mass is 10.1. The summed E-state index contributed by atoms with van der Waals surface area (Å²) in [6.45, 7) is 5.97. The van der Waals surface area contributed by atoms with Gasteiger partial charge in [0.1, 0.15) is 11.4 Å². The quantitative estimate of drug-likeness (QED) is 0.620. The van der Waals surface area contributed by atoms with Gasteiger partial charge in [-0.25, -0.2) is 4.79 Å². The van der Waals surface area contributed by atoms with Crippen LogP contribution in [0.3, 0.4) is 0 Å². The van der Waals surface area contributed by atoms with E-state index in [-0.39, 0.29) is 6.04 Å². The zero-order valence-corrected chi connectivity index (χ0v) is 12.2. The number of carbonyl (C=O) groups is 1. The van der Waals surface area contributed by atoms with Crippen molar-refractivity contribution < 1.29 is 9.53 Å². The second-order valence-electron chi connectivity index (χ2n) is 4.81. The van der Waals surface area contributed by atoms with Crippen LogP contribution in [0.5, 0.6) is 0 Å². The van der Waals surface area contributed by atoms with Gasteiger partial charge >= 0.3 is 5.97 Å². The van der Waals surface area contributed by atoms with Crippen molar-refractivity contribution in [2.24, 2.45) is 5.18 Å². The van der Waals surface area contributed by atoms with Crippen LogP contribution in [0.25, 0.3) is 11.3 Å². The fourth-order valence-electron chi connectivity index (χ4n) is 1.98. The molecule has 21 heavy (non-hydrogen) atoms. The second kappa shape index (κ2) is 6.30. The zero-order valence-electron chi connectivity index (χ0n) is 12.2. The van der Waals surface area contributed by atoms with E-state index in [4.69, 9.17) is 4.74 Å². The molecule has 0 aliphatic rings. The molecule has 0 aliphatic carbocycles. The van der Waals surface area contributed by atoms with E-state index in [1.165, 1.54) is 0 Å². The smallest absolute Gasteiger partial charge is 0.356 e. The first-order valence-corrected chi connectivity index (χ1v) is 6.77. The van der Waals surface area contributed by atoms with Crippen molar-refractivity contribution in [1.82, 2.24) is 9.78 Å². The van der Waals surface area contributed by atoms with Crippen LogP contribution in [0.4, 0.5) is 5.69 Å². The normalized spacial score (nSPS) is 10.7. The van der Waals surface area contributed by atoms with Gasteiger partial charge in [0.15, 0.2) is 0 Å². The molecule has 0 fully saturated rings. The average molecular weight is 287 g/mol. The minimum Gasteiger partial charge on any atom is -0.461 e. The van der Waals surface area contributed by atoms with Gasteiger partial charge in [0, 0.05) is 11.6 Å². The molecule has 0 saturated heterocycles. The number of hydrogen-bond acceptors (Lipinski definition) is 5. The number of ether oxygens (including phenoxy) is 1. The molecule has 0 saturated carbocycles. The predicted molar refractivity (Wildman–Crippen MR) is 79.5 cm³/mol. The number of esters is 1. The molecule has 2 rings (SSSR count). The Morgan fingerprint density at radius 1 is 1.33 bits per heavy atom. The van der Waals surface area contributed by atoms with Crippen LogP contribution in [0, 0.1) is 4.91 Å². The first-order valence-electron chi connectivity index (χ1n) is 6.77. The number of benzene rings is 1. The van der Waals surface area contributed by atoms with Gasteiger partial charge in [0.2, 0.25) is 0 Å². The summed E-state index contributed by atoms with van der Waals surface area (Å²) in [5, 5.41) is 7.31. The van der Waals surface area contributed by atoms with Crippen LogP contribution >= 0.6 is 0 Å². The van der Waals surface area contributed by atoms with E-state index in [0.29, 0.717) is 23.7 Å². The Bertz CT molecular complexity index is 645. The summed E-state index contributed by atoms with van der Waals surface area (Å²) >= 11 is 0. The predicted octanol–water partition coefficient (Wildman–Crippen LogP) is 3.71. The van der Waals surface area contributed by atoms with E-state index in [1.54, 1.807) is 41.9 Å². The highest BCUT2D eigenvalue weighted by Gasteiger charge is 2.18. The molecular formula is C15H17N3O3. The van der Waals surface area contributed by atoms with E-state index < -0.39 is 5.97 Å². The first-order chi connectivity index (χ1) is 10.1. The van der Waals surface area contributed by atoms with Gasteiger partial charge in [0.05, 0.1) is 12.3 Å². The van der Waals surface area contributed by atoms with Gasteiger partial charge in [-0.1, -0.05) is 12.1 Å². The lowest BCUT2D eigenvalue weighted by Crippen LogP contribution is -2.14. The van der Waals surface area contributed by atoms with E-state index in [1.807, 2.05) is 13.8 Å². The van der Waals surface area contributed by atoms with E-state index in [0.717, 1.165) is 5.56 Å². The summed E-state index contributed by atoms with van der Waals surface area (Å²) in [6.07, 6.45) is 0. The van der Waals surface area contributed by atoms with Crippen LogP contribution in [-0.2, 0) is 4.74 Å². The number of aromatic nitrogens is 2. The number of nitrogens with zero attached hydrogens (tertiary/aromatic N) is 3. The fourth-order valence-corrected chi connectivity index (χ4v) is 1.98. The highest BCUT2D eigenvalue weighted by molar-refractivity contribution is 5.89. The Balaban J connectivity index is 2.42. The molecule has 0 aliphatic heterocycles. The third-order valence-electron chi connectivity index (χ3n) is 2.98.